The number of rotatable bonds is 8. The van der Waals surface area contributed by atoms with E-state index >= 15 is 0 Å². The topological polar surface area (TPSA) is 164 Å². The number of phenols is 1. The molecule has 2 aliphatic rings. The molecular formula is C29H40O11. The first kappa shape index (κ1) is 30.4. The van der Waals surface area contributed by atoms with Crippen LogP contribution in [-0.2, 0) is 14.2 Å². The molecule has 0 aliphatic carbocycles. The van der Waals surface area contributed by atoms with Gasteiger partial charge in [-0.2, -0.15) is 0 Å². The average Bonchev–Trinajstić information content (AvgIpc) is 2.91. The molecule has 2 fully saturated rings. The van der Waals surface area contributed by atoms with Gasteiger partial charge in [0.05, 0.1) is 37.4 Å². The standard InChI is InChI=1S/C29H40O11/c1-12-7-17-8-18(36-6)9-19(23(17)24(32)22(12)16(5)31)38-27-20(10-30)40-29(26(34)25(27)33)37-11-21-14(3)13(2)15(4)28(35)39-21/h7-9,13-15,20-21,25-30,32-35H,10-11H2,1-6H3/t13-,14-,15+,20+,21+,25+,26+,27+,28+,29+/m0/s1. The van der Waals surface area contributed by atoms with E-state index in [9.17, 15) is 30.3 Å². The molecule has 0 unspecified atom stereocenters. The van der Waals surface area contributed by atoms with Crippen LogP contribution in [0.2, 0.25) is 0 Å². The van der Waals surface area contributed by atoms with Gasteiger partial charge in [-0.15, -0.1) is 0 Å². The van der Waals surface area contributed by atoms with E-state index < -0.39 is 49.7 Å². The smallest absolute Gasteiger partial charge is 0.186 e. The predicted molar refractivity (Wildman–Crippen MR) is 143 cm³/mol. The number of hydrogen-bond acceptors (Lipinski definition) is 11. The summed E-state index contributed by atoms with van der Waals surface area (Å²) in [5, 5.41) is 54.1. The highest BCUT2D eigenvalue weighted by Crippen LogP contribution is 2.42. The van der Waals surface area contributed by atoms with Gasteiger partial charge in [0.25, 0.3) is 0 Å². The number of benzene rings is 2. The Kier molecular flexibility index (Phi) is 9.25. The normalized spacial score (nSPS) is 34.5. The molecule has 0 bridgehead atoms. The first-order chi connectivity index (χ1) is 18.9. The number of phenolic OH excluding ortho intramolecular Hbond substituents is 1. The van der Waals surface area contributed by atoms with Crippen LogP contribution in [0.3, 0.4) is 0 Å². The van der Waals surface area contributed by atoms with Crippen molar-refractivity contribution in [1.82, 2.24) is 0 Å². The Morgan fingerprint density at radius 3 is 2.30 bits per heavy atom. The molecule has 0 spiro atoms. The van der Waals surface area contributed by atoms with Crippen molar-refractivity contribution in [3.05, 3.63) is 29.3 Å². The lowest BCUT2D eigenvalue weighted by atomic mass is 9.79. The highest BCUT2D eigenvalue weighted by molar-refractivity contribution is 6.07. The van der Waals surface area contributed by atoms with Crippen LogP contribution in [0.4, 0.5) is 0 Å². The van der Waals surface area contributed by atoms with E-state index in [0.29, 0.717) is 16.7 Å². The van der Waals surface area contributed by atoms with E-state index in [1.807, 2.05) is 20.8 Å². The fourth-order valence-electron chi connectivity index (χ4n) is 5.62. The molecule has 2 heterocycles. The molecule has 0 amide bonds. The first-order valence-electron chi connectivity index (χ1n) is 13.5. The van der Waals surface area contributed by atoms with Gasteiger partial charge < -0.3 is 49.2 Å². The van der Waals surface area contributed by atoms with E-state index in [-0.39, 0.29) is 52.6 Å². The zero-order chi connectivity index (χ0) is 29.5. The van der Waals surface area contributed by atoms with Crippen LogP contribution in [0.15, 0.2) is 18.2 Å². The van der Waals surface area contributed by atoms with Crippen molar-refractivity contribution < 1.29 is 54.0 Å². The van der Waals surface area contributed by atoms with Crippen molar-refractivity contribution in [3.8, 4) is 17.2 Å². The van der Waals surface area contributed by atoms with E-state index in [1.165, 1.54) is 20.1 Å². The van der Waals surface area contributed by atoms with Gasteiger partial charge in [0.15, 0.2) is 24.5 Å². The Balaban J connectivity index is 1.58. The minimum absolute atomic E-state index is 0.0189. The number of ketones is 1. The molecule has 40 heavy (non-hydrogen) atoms. The van der Waals surface area contributed by atoms with Crippen molar-refractivity contribution in [2.24, 2.45) is 17.8 Å². The molecule has 0 aromatic heterocycles. The second-order valence-electron chi connectivity index (χ2n) is 11.0. The van der Waals surface area contributed by atoms with Crippen LogP contribution in [0.1, 0.15) is 43.6 Å². The van der Waals surface area contributed by atoms with Crippen molar-refractivity contribution in [1.29, 1.82) is 0 Å². The monoisotopic (exact) mass is 564 g/mol. The molecule has 0 radical (unpaired) electrons. The molecule has 11 heteroatoms. The first-order valence-corrected chi connectivity index (χ1v) is 13.5. The minimum atomic E-state index is -1.56. The summed E-state index contributed by atoms with van der Waals surface area (Å²) in [6.07, 6.45) is -8.26. The molecular weight excluding hydrogens is 524 g/mol. The van der Waals surface area contributed by atoms with E-state index in [1.54, 1.807) is 19.1 Å². The van der Waals surface area contributed by atoms with E-state index in [4.69, 9.17) is 23.7 Å². The Morgan fingerprint density at radius 1 is 0.975 bits per heavy atom. The number of carbonyl (C=O) groups is 1. The second kappa shape index (κ2) is 12.2. The highest BCUT2D eigenvalue weighted by Gasteiger charge is 2.47. The number of Topliss-reactive ketones (excluding diaryl/α,β-unsaturated/α-hetero) is 1. The Hall–Kier alpha value is -2.51. The lowest BCUT2D eigenvalue weighted by molar-refractivity contribution is -0.312. The van der Waals surface area contributed by atoms with Gasteiger partial charge in [0.1, 0.15) is 35.6 Å². The molecule has 2 aromatic carbocycles. The summed E-state index contributed by atoms with van der Waals surface area (Å²) in [5.41, 5.74) is 0.692. The van der Waals surface area contributed by atoms with Crippen LogP contribution in [-0.4, -0.2) is 94.7 Å². The summed E-state index contributed by atoms with van der Waals surface area (Å²) >= 11 is 0. The number of ether oxygens (including phenoxy) is 5. The van der Waals surface area contributed by atoms with Crippen molar-refractivity contribution in [3.63, 3.8) is 0 Å². The summed E-state index contributed by atoms with van der Waals surface area (Å²) in [5.74, 6) is -0.0250. The van der Waals surface area contributed by atoms with Gasteiger partial charge in [-0.1, -0.05) is 26.8 Å². The number of aryl methyl sites for hydroxylation is 1. The second-order valence-corrected chi connectivity index (χ2v) is 11.0. The van der Waals surface area contributed by atoms with Gasteiger partial charge in [-0.05, 0) is 42.7 Å². The van der Waals surface area contributed by atoms with Gasteiger partial charge in [0.2, 0.25) is 0 Å². The molecule has 10 atom stereocenters. The lowest BCUT2D eigenvalue weighted by Gasteiger charge is -2.44. The van der Waals surface area contributed by atoms with Gasteiger partial charge in [-0.25, -0.2) is 0 Å². The molecule has 4 rings (SSSR count). The number of hydrogen-bond donors (Lipinski definition) is 5. The Labute approximate surface area is 233 Å². The molecule has 2 saturated heterocycles. The summed E-state index contributed by atoms with van der Waals surface area (Å²) < 4.78 is 28.8. The lowest BCUT2D eigenvalue weighted by Crippen LogP contribution is -2.61. The largest absolute Gasteiger partial charge is 0.506 e. The number of fused-ring (bicyclic) bond motifs is 1. The summed E-state index contributed by atoms with van der Waals surface area (Å²) in [6, 6.07) is 4.86. The number of carbonyl (C=O) groups excluding carboxylic acids is 1. The molecule has 11 nitrogen and oxygen atoms in total. The fraction of sp³-hybridized carbons (Fsp3) is 0.621. The highest BCUT2D eigenvalue weighted by atomic mass is 16.7. The third-order valence-corrected chi connectivity index (χ3v) is 8.45. The average molecular weight is 565 g/mol. The number of aromatic hydroxyl groups is 1. The SMILES string of the molecule is COc1cc(O[C@H]2[C@H](O)[C@@H](O)[C@H](OC[C@H]3O[C@@H](O)[C@H](C)[C@@H](C)[C@@H]3C)O[C@@H]2CO)c2c(O)c(C(C)=O)c(C)cc2c1. The third-order valence-electron chi connectivity index (χ3n) is 8.45. The van der Waals surface area contributed by atoms with E-state index in [2.05, 4.69) is 0 Å². The summed E-state index contributed by atoms with van der Waals surface area (Å²) in [6.45, 7) is 8.37. The number of aliphatic hydroxyl groups excluding tert-OH is 4. The van der Waals surface area contributed by atoms with Gasteiger partial charge in [-0.3, -0.25) is 4.79 Å². The molecule has 2 aliphatic heterocycles. The predicted octanol–water partition coefficient (Wildman–Crippen LogP) is 1.89. The van der Waals surface area contributed by atoms with Crippen molar-refractivity contribution in [2.75, 3.05) is 20.3 Å². The number of methoxy groups -OCH3 is 1. The molecule has 5 N–H and O–H groups in total. The summed E-state index contributed by atoms with van der Waals surface area (Å²) in [4.78, 5) is 12.2. The molecule has 0 saturated carbocycles. The van der Waals surface area contributed by atoms with Gasteiger partial charge in [0, 0.05) is 12.0 Å². The number of aliphatic hydroxyl groups is 4. The van der Waals surface area contributed by atoms with Crippen LogP contribution < -0.4 is 9.47 Å². The minimum Gasteiger partial charge on any atom is -0.506 e. The zero-order valence-electron chi connectivity index (χ0n) is 23.6. The summed E-state index contributed by atoms with van der Waals surface area (Å²) in [7, 11) is 1.46. The van der Waals surface area contributed by atoms with E-state index in [0.717, 1.165) is 0 Å². The maximum absolute atomic E-state index is 12.2. The van der Waals surface area contributed by atoms with Crippen LogP contribution >= 0.6 is 0 Å². The van der Waals surface area contributed by atoms with Crippen LogP contribution in [0.5, 0.6) is 17.2 Å². The Morgan fingerprint density at radius 2 is 1.68 bits per heavy atom. The maximum atomic E-state index is 12.2. The maximum Gasteiger partial charge on any atom is 0.186 e. The van der Waals surface area contributed by atoms with Crippen molar-refractivity contribution in [2.45, 2.75) is 77.7 Å². The third kappa shape index (κ3) is 5.64. The Bertz CT molecular complexity index is 1210. The van der Waals surface area contributed by atoms with Gasteiger partial charge >= 0.3 is 0 Å². The van der Waals surface area contributed by atoms with Crippen LogP contribution in [0.25, 0.3) is 10.8 Å². The molecule has 2 aromatic rings. The molecule has 222 valence electrons. The van der Waals surface area contributed by atoms with Crippen LogP contribution in [0, 0.1) is 24.7 Å². The fourth-order valence-corrected chi connectivity index (χ4v) is 5.62. The quantitative estimate of drug-likeness (QED) is 0.297. The van der Waals surface area contributed by atoms with Crippen molar-refractivity contribution >= 4 is 16.6 Å². The zero-order valence-corrected chi connectivity index (χ0v) is 23.6.